The van der Waals surface area contributed by atoms with Crippen LogP contribution in [-0.2, 0) is 6.54 Å². The summed E-state index contributed by atoms with van der Waals surface area (Å²) in [5, 5.41) is 2.84. The molecule has 7 nitrogen and oxygen atoms in total. The van der Waals surface area contributed by atoms with E-state index in [2.05, 4.69) is 5.32 Å². The number of fused-ring (bicyclic) bond motifs is 1. The molecule has 0 saturated carbocycles. The van der Waals surface area contributed by atoms with Crippen molar-refractivity contribution >= 4 is 23.2 Å². The highest BCUT2D eigenvalue weighted by molar-refractivity contribution is 6.18. The minimum absolute atomic E-state index is 0.219. The maximum atomic E-state index is 13.2. The highest BCUT2D eigenvalue weighted by Gasteiger charge is 2.32. The van der Waals surface area contributed by atoms with Crippen molar-refractivity contribution in [3.8, 4) is 17.2 Å². The van der Waals surface area contributed by atoms with E-state index in [0.717, 1.165) is 11.3 Å². The molecule has 0 radical (unpaired) electrons. The first kappa shape index (κ1) is 20.3. The zero-order valence-electron chi connectivity index (χ0n) is 17.5. The summed E-state index contributed by atoms with van der Waals surface area (Å²) in [5.41, 5.74) is 2.71. The van der Waals surface area contributed by atoms with Crippen molar-refractivity contribution in [1.29, 1.82) is 0 Å². The molecule has 0 aromatic heterocycles. The number of hydrogen-bond donors (Lipinski definition) is 1. The van der Waals surface area contributed by atoms with Gasteiger partial charge in [0.1, 0.15) is 17.2 Å². The Labute approximate surface area is 180 Å². The highest BCUT2D eigenvalue weighted by Crippen LogP contribution is 2.33. The Balaban J connectivity index is 1.64. The summed E-state index contributed by atoms with van der Waals surface area (Å²) in [6.45, 7) is 0.393. The molecule has 0 bridgehead atoms. The second kappa shape index (κ2) is 8.39. The lowest BCUT2D eigenvalue weighted by atomic mass is 10.0. The van der Waals surface area contributed by atoms with Crippen LogP contribution in [-0.4, -0.2) is 33.1 Å². The number of rotatable bonds is 6. The molecule has 2 amide bonds. The van der Waals surface area contributed by atoms with E-state index < -0.39 is 5.91 Å². The number of benzene rings is 3. The van der Waals surface area contributed by atoms with Crippen LogP contribution >= 0.6 is 0 Å². The number of carbonyl (C=O) groups is 2. The summed E-state index contributed by atoms with van der Waals surface area (Å²) in [7, 11) is 4.66. The standard InChI is InChI=1S/C24H22N2O5/c1-29-17-9-7-16(8-10-17)26-14-15-5-4-6-19(22(15)24(26)28)23(27)25-20-13-18(30-2)11-12-21(20)31-3/h4-13H,14H2,1-3H3,(H,25,27). The molecule has 0 unspecified atom stereocenters. The van der Waals surface area contributed by atoms with E-state index in [0.29, 0.717) is 40.6 Å². The second-order valence-corrected chi connectivity index (χ2v) is 6.95. The van der Waals surface area contributed by atoms with Crippen LogP contribution in [0, 0.1) is 0 Å². The molecule has 31 heavy (non-hydrogen) atoms. The number of methoxy groups -OCH3 is 3. The highest BCUT2D eigenvalue weighted by atomic mass is 16.5. The van der Waals surface area contributed by atoms with Crippen LogP contribution in [0.5, 0.6) is 17.2 Å². The van der Waals surface area contributed by atoms with Crippen molar-refractivity contribution in [2.75, 3.05) is 31.5 Å². The lowest BCUT2D eigenvalue weighted by molar-refractivity contribution is 0.0976. The molecule has 1 heterocycles. The van der Waals surface area contributed by atoms with E-state index >= 15 is 0 Å². The van der Waals surface area contributed by atoms with E-state index in [-0.39, 0.29) is 5.91 Å². The van der Waals surface area contributed by atoms with Gasteiger partial charge in [-0.1, -0.05) is 12.1 Å². The Morgan fingerprint density at radius 3 is 2.29 bits per heavy atom. The Kier molecular flexibility index (Phi) is 5.49. The number of nitrogens with zero attached hydrogens (tertiary/aromatic N) is 1. The monoisotopic (exact) mass is 418 g/mol. The van der Waals surface area contributed by atoms with Crippen LogP contribution in [0.3, 0.4) is 0 Å². The predicted molar refractivity (Wildman–Crippen MR) is 117 cm³/mol. The molecule has 0 fully saturated rings. The third-order valence-corrected chi connectivity index (χ3v) is 5.22. The van der Waals surface area contributed by atoms with Gasteiger partial charge in [-0.3, -0.25) is 9.59 Å². The van der Waals surface area contributed by atoms with E-state index in [1.54, 1.807) is 61.6 Å². The molecule has 1 aliphatic heterocycles. The Bertz CT molecular complexity index is 1140. The quantitative estimate of drug-likeness (QED) is 0.652. The summed E-state index contributed by atoms with van der Waals surface area (Å²) < 4.78 is 15.8. The van der Waals surface area contributed by atoms with Crippen LogP contribution < -0.4 is 24.4 Å². The Hall–Kier alpha value is -4.00. The van der Waals surface area contributed by atoms with Gasteiger partial charge >= 0.3 is 0 Å². The zero-order chi connectivity index (χ0) is 22.0. The maximum absolute atomic E-state index is 13.2. The molecule has 3 aromatic carbocycles. The van der Waals surface area contributed by atoms with E-state index in [1.807, 2.05) is 18.2 Å². The lowest BCUT2D eigenvalue weighted by Crippen LogP contribution is -2.24. The van der Waals surface area contributed by atoms with Crippen molar-refractivity contribution in [2.24, 2.45) is 0 Å². The first-order valence-corrected chi connectivity index (χ1v) is 9.67. The van der Waals surface area contributed by atoms with Crippen LogP contribution in [0.2, 0.25) is 0 Å². The topological polar surface area (TPSA) is 77.1 Å². The number of hydrogen-bond acceptors (Lipinski definition) is 5. The normalized spacial score (nSPS) is 12.4. The van der Waals surface area contributed by atoms with Gasteiger partial charge in [-0.2, -0.15) is 0 Å². The number of carbonyl (C=O) groups excluding carboxylic acids is 2. The summed E-state index contributed by atoms with van der Waals surface area (Å²) in [4.78, 5) is 28.0. The fourth-order valence-corrected chi connectivity index (χ4v) is 3.62. The molecule has 0 spiro atoms. The Morgan fingerprint density at radius 2 is 1.61 bits per heavy atom. The van der Waals surface area contributed by atoms with Gasteiger partial charge in [-0.05, 0) is 48.0 Å². The van der Waals surface area contributed by atoms with E-state index in [1.165, 1.54) is 7.11 Å². The fraction of sp³-hybridized carbons (Fsp3) is 0.167. The molecule has 158 valence electrons. The van der Waals surface area contributed by atoms with Crippen molar-refractivity contribution in [1.82, 2.24) is 0 Å². The molecule has 7 heteroatoms. The van der Waals surface area contributed by atoms with Gasteiger partial charge in [0.05, 0.1) is 44.7 Å². The SMILES string of the molecule is COc1ccc(N2Cc3cccc(C(=O)Nc4cc(OC)ccc4OC)c3C2=O)cc1. The third-order valence-electron chi connectivity index (χ3n) is 5.22. The molecule has 4 rings (SSSR count). The number of amides is 2. The number of ether oxygens (including phenoxy) is 3. The summed E-state index contributed by atoms with van der Waals surface area (Å²) in [6, 6.07) is 17.7. The van der Waals surface area contributed by atoms with Crippen molar-refractivity contribution < 1.29 is 23.8 Å². The van der Waals surface area contributed by atoms with Gasteiger partial charge in [-0.15, -0.1) is 0 Å². The zero-order valence-corrected chi connectivity index (χ0v) is 17.5. The van der Waals surface area contributed by atoms with Gasteiger partial charge in [0.25, 0.3) is 11.8 Å². The van der Waals surface area contributed by atoms with Gasteiger partial charge < -0.3 is 24.4 Å². The van der Waals surface area contributed by atoms with E-state index in [9.17, 15) is 9.59 Å². The second-order valence-electron chi connectivity index (χ2n) is 6.95. The number of nitrogens with one attached hydrogen (secondary N) is 1. The van der Waals surface area contributed by atoms with Gasteiger partial charge in [0.2, 0.25) is 0 Å². The Morgan fingerprint density at radius 1 is 0.903 bits per heavy atom. The summed E-state index contributed by atoms with van der Waals surface area (Å²) in [6.07, 6.45) is 0. The average Bonchev–Trinajstić information content (AvgIpc) is 3.15. The van der Waals surface area contributed by atoms with Gasteiger partial charge in [0, 0.05) is 11.8 Å². The van der Waals surface area contributed by atoms with Crippen LogP contribution in [0.1, 0.15) is 26.3 Å². The van der Waals surface area contributed by atoms with Crippen LogP contribution in [0.15, 0.2) is 60.7 Å². The molecule has 3 aromatic rings. The van der Waals surface area contributed by atoms with Crippen molar-refractivity contribution in [3.05, 3.63) is 77.4 Å². The molecule has 0 aliphatic carbocycles. The van der Waals surface area contributed by atoms with Gasteiger partial charge in [-0.25, -0.2) is 0 Å². The lowest BCUT2D eigenvalue weighted by Gasteiger charge is -2.16. The molecular weight excluding hydrogens is 396 g/mol. The third kappa shape index (κ3) is 3.77. The smallest absolute Gasteiger partial charge is 0.259 e. The fourth-order valence-electron chi connectivity index (χ4n) is 3.62. The maximum Gasteiger partial charge on any atom is 0.259 e. The molecule has 1 aliphatic rings. The molecule has 1 N–H and O–H groups in total. The van der Waals surface area contributed by atoms with E-state index in [4.69, 9.17) is 14.2 Å². The first-order valence-electron chi connectivity index (χ1n) is 9.67. The largest absolute Gasteiger partial charge is 0.497 e. The summed E-state index contributed by atoms with van der Waals surface area (Å²) in [5.74, 6) is 1.17. The minimum atomic E-state index is -0.395. The first-order chi connectivity index (χ1) is 15.0. The van der Waals surface area contributed by atoms with Crippen molar-refractivity contribution in [2.45, 2.75) is 6.54 Å². The molecular formula is C24H22N2O5. The van der Waals surface area contributed by atoms with Crippen molar-refractivity contribution in [3.63, 3.8) is 0 Å². The number of anilines is 2. The van der Waals surface area contributed by atoms with Gasteiger partial charge in [0.15, 0.2) is 0 Å². The summed E-state index contributed by atoms with van der Waals surface area (Å²) >= 11 is 0. The molecule has 0 atom stereocenters. The molecule has 0 saturated heterocycles. The van der Waals surface area contributed by atoms with Crippen LogP contribution in [0.4, 0.5) is 11.4 Å². The average molecular weight is 418 g/mol. The predicted octanol–water partition coefficient (Wildman–Crippen LogP) is 4.13. The minimum Gasteiger partial charge on any atom is -0.497 e. The van der Waals surface area contributed by atoms with Crippen LogP contribution in [0.25, 0.3) is 0 Å².